The van der Waals surface area contributed by atoms with E-state index < -0.39 is 11.9 Å². The van der Waals surface area contributed by atoms with Gasteiger partial charge in [0.15, 0.2) is 0 Å². The first-order chi connectivity index (χ1) is 56.0. The van der Waals surface area contributed by atoms with Gasteiger partial charge in [0, 0.05) is 50.1 Å². The van der Waals surface area contributed by atoms with Gasteiger partial charge in [0.05, 0.1) is 11.1 Å². The molecule has 0 aliphatic carbocycles. The number of benzene rings is 16. The number of rotatable bonds is 14. The van der Waals surface area contributed by atoms with Crippen LogP contribution in [0.2, 0.25) is 0 Å². The first-order valence-electron chi connectivity index (χ1n) is 37.3. The minimum absolute atomic E-state index is 0.0642. The van der Waals surface area contributed by atoms with Gasteiger partial charge in [-0.15, -0.1) is 6.42 Å². The minimum Gasteiger partial charge on any atom is -0.478 e. The zero-order chi connectivity index (χ0) is 77.7. The Kier molecular flexibility index (Phi) is 21.1. The smallest absolute Gasteiger partial charge is 0.335 e. The van der Waals surface area contributed by atoms with Crippen molar-refractivity contribution in [1.29, 1.82) is 0 Å². The first-order valence-corrected chi connectivity index (χ1v) is 37.3. The summed E-state index contributed by atoms with van der Waals surface area (Å²) in [6.07, 6.45) is 6.17. The van der Waals surface area contributed by atoms with Crippen LogP contribution in [0.3, 0.4) is 0 Å². The van der Waals surface area contributed by atoms with Gasteiger partial charge in [-0.2, -0.15) is 0 Å². The van der Waals surface area contributed by atoms with Crippen molar-refractivity contribution in [1.82, 2.24) is 0 Å². The molecule has 0 aliphatic rings. The van der Waals surface area contributed by atoms with E-state index in [1.807, 2.05) is 219 Å². The van der Waals surface area contributed by atoms with Crippen LogP contribution < -0.4 is 4.74 Å². The maximum absolute atomic E-state index is 13.1. The Hall–Kier alpha value is -15.9. The van der Waals surface area contributed by atoms with Crippen LogP contribution in [0.15, 0.2) is 376 Å². The maximum Gasteiger partial charge on any atom is 0.335 e. The van der Waals surface area contributed by atoms with E-state index in [9.17, 15) is 19.8 Å². The molecule has 0 saturated carbocycles. The quantitative estimate of drug-likeness (QED) is 0.106. The molecule has 0 saturated heterocycles. The average Bonchev–Trinajstić information content (AvgIpc) is 0.738. The molecule has 0 unspecified atom stereocenters. The molecule has 2 N–H and O–H groups in total. The van der Waals surface area contributed by atoms with Gasteiger partial charge in [0.2, 0.25) is 0 Å². The zero-order valence-electron chi connectivity index (χ0n) is 62.0. The standard InChI is InChI=1S/C109H68O5/c1-3-75-68-93(71-95(69-75)109(112)113)101-73-99(85-52-44-81(45-53-85)39-35-77-24-12-5-13-25-77)103(107(87-32-20-9-21-33-87)105(101)89-56-48-83(49-57-89)41-37-79-28-16-7-17-29-79)91-60-64-97(65-61-91)114-96-62-58-90(59-63-96)102-98(84-50-42-80(43-51-84)38-34-76-22-10-4-11-23-76)72-100(92-66-74(2)67-94(70-92)108(110)111)104(106(102)86-30-18-8-19-31-86)88-54-46-82(47-55-88)40-36-78-26-14-6-15-27-78/h1,4-33,42-73H,2H3,(H,110,111)(H,112,113). The monoisotopic (exact) mass is 1460 g/mol. The van der Waals surface area contributed by atoms with Crippen molar-refractivity contribution in [3.63, 3.8) is 0 Å². The van der Waals surface area contributed by atoms with Crippen molar-refractivity contribution in [3.8, 4) is 182 Å². The van der Waals surface area contributed by atoms with Crippen LogP contribution in [0.25, 0.3) is 111 Å². The van der Waals surface area contributed by atoms with Crippen LogP contribution >= 0.6 is 0 Å². The lowest BCUT2D eigenvalue weighted by Gasteiger charge is -2.25. The molecule has 0 spiro atoms. The molecule has 534 valence electrons. The molecule has 0 atom stereocenters. The normalized spacial score (nSPS) is 10.5. The topological polar surface area (TPSA) is 83.8 Å². The van der Waals surface area contributed by atoms with E-state index in [2.05, 4.69) is 193 Å². The fourth-order valence-electron chi connectivity index (χ4n) is 14.4. The summed E-state index contributed by atoms with van der Waals surface area (Å²) >= 11 is 0. The Bertz CT molecular complexity index is 6600. The summed E-state index contributed by atoms with van der Waals surface area (Å²) in [5.74, 6) is 28.6. The molecular weight excluding hydrogens is 1390 g/mol. The summed E-state index contributed by atoms with van der Waals surface area (Å²) in [6, 6.07) is 125. The van der Waals surface area contributed by atoms with E-state index in [4.69, 9.17) is 11.2 Å². The summed E-state index contributed by atoms with van der Waals surface area (Å²) in [6.45, 7) is 1.93. The molecular formula is C109H68O5. The summed E-state index contributed by atoms with van der Waals surface area (Å²) in [5, 5.41) is 21.3. The third kappa shape index (κ3) is 16.4. The zero-order valence-corrected chi connectivity index (χ0v) is 62.0. The van der Waals surface area contributed by atoms with Gasteiger partial charge >= 0.3 is 11.9 Å². The molecule has 0 radical (unpaired) electrons. The Morgan fingerprint density at radius 2 is 0.482 bits per heavy atom. The number of carbonyl (C=O) groups is 2. The molecule has 0 aliphatic heterocycles. The lowest BCUT2D eigenvalue weighted by atomic mass is 9.78. The van der Waals surface area contributed by atoms with Crippen LogP contribution in [0, 0.1) is 66.6 Å². The van der Waals surface area contributed by atoms with Crippen LogP contribution in [-0.2, 0) is 0 Å². The van der Waals surface area contributed by atoms with Crippen molar-refractivity contribution in [3.05, 3.63) is 443 Å². The van der Waals surface area contributed by atoms with E-state index in [1.165, 1.54) is 6.07 Å². The number of aromatic carboxylic acids is 2. The fraction of sp³-hybridized carbons (Fsp3) is 0.00917. The second kappa shape index (κ2) is 33.3. The minimum atomic E-state index is -1.10. The highest BCUT2D eigenvalue weighted by atomic mass is 16.5. The van der Waals surface area contributed by atoms with E-state index in [0.29, 0.717) is 22.6 Å². The van der Waals surface area contributed by atoms with E-state index >= 15 is 0 Å². The van der Waals surface area contributed by atoms with Crippen molar-refractivity contribution in [2.75, 3.05) is 0 Å². The summed E-state index contributed by atoms with van der Waals surface area (Å²) in [4.78, 5) is 26.1. The van der Waals surface area contributed by atoms with Gasteiger partial charge < -0.3 is 14.9 Å². The predicted molar refractivity (Wildman–Crippen MR) is 464 cm³/mol. The maximum atomic E-state index is 13.1. The van der Waals surface area contributed by atoms with Crippen LogP contribution in [0.1, 0.15) is 76.4 Å². The van der Waals surface area contributed by atoms with Gasteiger partial charge in [-0.05, 0) is 288 Å². The van der Waals surface area contributed by atoms with Crippen LogP contribution in [0.4, 0.5) is 0 Å². The predicted octanol–water partition coefficient (Wildman–Crippen LogP) is 25.4. The van der Waals surface area contributed by atoms with Gasteiger partial charge in [-0.3, -0.25) is 0 Å². The number of ether oxygens (including phenoxy) is 1. The largest absolute Gasteiger partial charge is 0.478 e. The van der Waals surface area contributed by atoms with Gasteiger partial charge in [-0.25, -0.2) is 9.59 Å². The van der Waals surface area contributed by atoms with Gasteiger partial charge in [-0.1, -0.05) is 266 Å². The number of carboxylic acid groups (broad SMARTS) is 2. The molecule has 0 heterocycles. The molecule has 5 nitrogen and oxygen atoms in total. The number of hydrogen-bond acceptors (Lipinski definition) is 3. The second-order valence-electron chi connectivity index (χ2n) is 27.5. The SMILES string of the molecule is C#Cc1cc(C(=O)O)cc(-c2cc(-c3ccc(C#Cc4ccccc4)cc3)c(-c3ccc(Oc4ccc(-c5c(-c6ccc(C#Cc7ccccc7)cc6)cc(-c6cc(C)cc(C(=O)O)c6)c(-c6ccc(C#Cc7ccccc7)cc6)c5-c5ccccc5)cc4)cc3)c(-c3ccccc3)c2-c2ccc(C#Cc3ccccc3)cc2)c1. The van der Waals surface area contributed by atoms with Crippen molar-refractivity contribution < 1.29 is 24.5 Å². The molecule has 0 bridgehead atoms. The summed E-state index contributed by atoms with van der Waals surface area (Å²) < 4.78 is 6.95. The fourth-order valence-corrected chi connectivity index (χ4v) is 14.4. The van der Waals surface area contributed by atoms with E-state index in [-0.39, 0.29) is 11.1 Å². The summed E-state index contributed by atoms with van der Waals surface area (Å²) in [5.41, 5.74) is 26.0. The van der Waals surface area contributed by atoms with Crippen LogP contribution in [0.5, 0.6) is 11.5 Å². The number of terminal acetylenes is 1. The summed E-state index contributed by atoms with van der Waals surface area (Å²) in [7, 11) is 0. The molecule has 0 fully saturated rings. The molecule has 16 aromatic carbocycles. The number of carboxylic acids is 2. The average molecular weight is 1460 g/mol. The highest BCUT2D eigenvalue weighted by molar-refractivity contribution is 6.10. The Morgan fingerprint density at radius 1 is 0.237 bits per heavy atom. The van der Waals surface area contributed by atoms with E-state index in [0.717, 1.165) is 156 Å². The van der Waals surface area contributed by atoms with Gasteiger partial charge in [0.25, 0.3) is 0 Å². The first kappa shape index (κ1) is 72.3. The Morgan fingerprint density at radius 3 is 0.781 bits per heavy atom. The lowest BCUT2D eigenvalue weighted by Crippen LogP contribution is -2.01. The Labute approximate surface area is 664 Å². The molecule has 16 aromatic rings. The lowest BCUT2D eigenvalue weighted by molar-refractivity contribution is 0.0686. The highest BCUT2D eigenvalue weighted by Crippen LogP contribution is 2.53. The molecule has 16 rings (SSSR count). The van der Waals surface area contributed by atoms with Crippen molar-refractivity contribution >= 4 is 11.9 Å². The van der Waals surface area contributed by atoms with Crippen molar-refractivity contribution in [2.24, 2.45) is 0 Å². The Balaban J connectivity index is 0.855. The third-order valence-corrected chi connectivity index (χ3v) is 19.8. The second-order valence-corrected chi connectivity index (χ2v) is 27.5. The molecule has 0 amide bonds. The van der Waals surface area contributed by atoms with Gasteiger partial charge in [0.1, 0.15) is 11.5 Å². The number of aryl methyl sites for hydroxylation is 1. The molecule has 114 heavy (non-hydrogen) atoms. The highest BCUT2D eigenvalue weighted by Gasteiger charge is 2.28. The molecule has 5 heteroatoms. The van der Waals surface area contributed by atoms with E-state index in [1.54, 1.807) is 18.2 Å². The van der Waals surface area contributed by atoms with Crippen LogP contribution in [-0.4, -0.2) is 22.2 Å². The van der Waals surface area contributed by atoms with Crippen molar-refractivity contribution in [2.45, 2.75) is 6.92 Å². The third-order valence-electron chi connectivity index (χ3n) is 19.8. The number of hydrogen-bond donors (Lipinski definition) is 2. The molecule has 0 aromatic heterocycles.